The average molecular weight is 310 g/mol. The van der Waals surface area contributed by atoms with Gasteiger partial charge < -0.3 is 5.11 Å². The molecule has 0 bridgehead atoms. The summed E-state index contributed by atoms with van der Waals surface area (Å²) in [5.74, 6) is -16.1. The zero-order valence-electron chi connectivity index (χ0n) is 9.30. The molecule has 0 radical (unpaired) electrons. The van der Waals surface area contributed by atoms with Crippen LogP contribution < -0.4 is 0 Å². The van der Waals surface area contributed by atoms with Gasteiger partial charge in [-0.3, -0.25) is 0 Å². The van der Waals surface area contributed by atoms with Crippen molar-refractivity contribution >= 4 is 0 Å². The third kappa shape index (κ3) is 2.36. The first-order valence-electron chi connectivity index (χ1n) is 4.56. The van der Waals surface area contributed by atoms with Crippen LogP contribution in [0.2, 0.25) is 0 Å². The third-order valence-electron chi connectivity index (χ3n) is 2.50. The fourth-order valence-corrected chi connectivity index (χ4v) is 1.35. The van der Waals surface area contributed by atoms with E-state index in [-0.39, 0.29) is 13.8 Å². The van der Waals surface area contributed by atoms with Gasteiger partial charge in [0.1, 0.15) is 0 Å². The van der Waals surface area contributed by atoms with Gasteiger partial charge in [0.2, 0.25) is 5.60 Å². The minimum absolute atomic E-state index is 0.194. The predicted octanol–water partition coefficient (Wildman–Crippen LogP) is 3.77. The van der Waals surface area contributed by atoms with Crippen molar-refractivity contribution in [3.63, 3.8) is 0 Å². The van der Waals surface area contributed by atoms with Crippen LogP contribution in [0.15, 0.2) is 0 Å². The molecule has 19 heavy (non-hydrogen) atoms. The maximum Gasteiger partial charge on any atom is 0.456 e. The second kappa shape index (κ2) is 4.38. The average Bonchev–Trinajstić information content (AvgIpc) is 2.11. The molecule has 0 heterocycles. The van der Waals surface area contributed by atoms with Crippen LogP contribution in [0.4, 0.5) is 43.9 Å². The standard InChI is InChI=1S/C8H8F10O/c1-3(2)4(19,5(9,10)7(13,14)15)6(11,12)8(16,17)18/h3,19H,1-2H3. The van der Waals surface area contributed by atoms with E-state index in [1.165, 1.54) is 0 Å². The van der Waals surface area contributed by atoms with Crippen LogP contribution in [0.1, 0.15) is 13.8 Å². The molecule has 0 aliphatic rings. The van der Waals surface area contributed by atoms with Gasteiger partial charge in [-0.25, -0.2) is 0 Å². The Morgan fingerprint density at radius 1 is 0.632 bits per heavy atom. The summed E-state index contributed by atoms with van der Waals surface area (Å²) in [6.07, 6.45) is -13.6. The summed E-state index contributed by atoms with van der Waals surface area (Å²) >= 11 is 0. The van der Waals surface area contributed by atoms with Gasteiger partial charge in [-0.2, -0.15) is 43.9 Å². The van der Waals surface area contributed by atoms with Gasteiger partial charge in [0.05, 0.1) is 0 Å². The molecule has 0 saturated carbocycles. The molecule has 0 unspecified atom stereocenters. The van der Waals surface area contributed by atoms with Crippen molar-refractivity contribution in [1.29, 1.82) is 0 Å². The topological polar surface area (TPSA) is 20.2 Å². The van der Waals surface area contributed by atoms with Crippen molar-refractivity contribution in [3.05, 3.63) is 0 Å². The van der Waals surface area contributed by atoms with Crippen LogP contribution in [0.25, 0.3) is 0 Å². The van der Waals surface area contributed by atoms with Crippen molar-refractivity contribution in [3.8, 4) is 0 Å². The molecule has 1 nitrogen and oxygen atoms in total. The summed E-state index contributed by atoms with van der Waals surface area (Å²) in [6, 6.07) is 0. The van der Waals surface area contributed by atoms with E-state index in [0.29, 0.717) is 0 Å². The largest absolute Gasteiger partial charge is 0.456 e. The molecule has 0 fully saturated rings. The van der Waals surface area contributed by atoms with Gasteiger partial charge >= 0.3 is 24.2 Å². The Labute approximate surface area is 99.7 Å². The molecular weight excluding hydrogens is 302 g/mol. The molecule has 0 aliphatic carbocycles. The van der Waals surface area contributed by atoms with E-state index in [4.69, 9.17) is 5.11 Å². The van der Waals surface area contributed by atoms with Gasteiger partial charge in [-0.15, -0.1) is 0 Å². The molecule has 11 heteroatoms. The Kier molecular flexibility index (Phi) is 4.21. The highest BCUT2D eigenvalue weighted by atomic mass is 19.4. The van der Waals surface area contributed by atoms with E-state index >= 15 is 0 Å². The number of alkyl halides is 10. The van der Waals surface area contributed by atoms with Crippen molar-refractivity contribution in [2.45, 2.75) is 43.6 Å². The molecule has 0 aromatic rings. The van der Waals surface area contributed by atoms with Crippen LogP contribution >= 0.6 is 0 Å². The Hall–Kier alpha value is -0.740. The monoisotopic (exact) mass is 310 g/mol. The number of hydrogen-bond donors (Lipinski definition) is 1. The lowest BCUT2D eigenvalue weighted by Crippen LogP contribution is -2.72. The number of halogens is 10. The van der Waals surface area contributed by atoms with E-state index in [2.05, 4.69) is 0 Å². The fraction of sp³-hybridized carbons (Fsp3) is 1.00. The zero-order valence-corrected chi connectivity index (χ0v) is 9.30. The van der Waals surface area contributed by atoms with E-state index in [1.54, 1.807) is 0 Å². The highest BCUT2D eigenvalue weighted by molar-refractivity contribution is 5.11. The van der Waals surface area contributed by atoms with Crippen LogP contribution in [-0.2, 0) is 0 Å². The minimum Gasteiger partial charge on any atom is -0.377 e. The highest BCUT2D eigenvalue weighted by Gasteiger charge is 2.85. The molecular formula is C8H8F10O. The first kappa shape index (κ1) is 18.3. The number of hydrogen-bond acceptors (Lipinski definition) is 1. The zero-order chi connectivity index (χ0) is 16.1. The van der Waals surface area contributed by atoms with Crippen molar-refractivity contribution < 1.29 is 49.0 Å². The van der Waals surface area contributed by atoms with Crippen LogP contribution in [-0.4, -0.2) is 34.9 Å². The lowest BCUT2D eigenvalue weighted by molar-refractivity contribution is -0.432. The van der Waals surface area contributed by atoms with E-state index < -0.39 is 35.7 Å². The van der Waals surface area contributed by atoms with Gasteiger partial charge in [0.15, 0.2) is 0 Å². The quantitative estimate of drug-likeness (QED) is 0.787. The third-order valence-corrected chi connectivity index (χ3v) is 2.50. The Balaban J connectivity index is 6.21. The van der Waals surface area contributed by atoms with E-state index in [1.807, 2.05) is 0 Å². The number of rotatable bonds is 3. The molecule has 0 atom stereocenters. The maximum absolute atomic E-state index is 12.9. The Morgan fingerprint density at radius 3 is 0.947 bits per heavy atom. The molecule has 0 amide bonds. The van der Waals surface area contributed by atoms with Crippen LogP contribution in [0, 0.1) is 5.92 Å². The molecule has 0 rings (SSSR count). The summed E-state index contributed by atoms with van der Waals surface area (Å²) < 4.78 is 124. The van der Waals surface area contributed by atoms with E-state index in [9.17, 15) is 43.9 Å². The van der Waals surface area contributed by atoms with Crippen molar-refractivity contribution in [2.24, 2.45) is 5.92 Å². The van der Waals surface area contributed by atoms with Gasteiger partial charge in [0.25, 0.3) is 0 Å². The van der Waals surface area contributed by atoms with E-state index in [0.717, 1.165) is 0 Å². The van der Waals surface area contributed by atoms with Gasteiger partial charge in [-0.05, 0) is 5.92 Å². The van der Waals surface area contributed by atoms with Crippen LogP contribution in [0.3, 0.4) is 0 Å². The highest BCUT2D eigenvalue weighted by Crippen LogP contribution is 2.57. The number of aliphatic hydroxyl groups is 1. The lowest BCUT2D eigenvalue weighted by Gasteiger charge is -2.44. The summed E-state index contributed by atoms with van der Waals surface area (Å²) in [5.41, 5.74) is -5.66. The SMILES string of the molecule is CC(C)C(O)(C(F)(F)C(F)(F)F)C(F)(F)C(F)(F)F. The molecule has 0 saturated heterocycles. The normalized spacial score (nSPS) is 16.1. The Bertz CT molecular complexity index is 299. The molecule has 0 aliphatic heterocycles. The smallest absolute Gasteiger partial charge is 0.377 e. The second-order valence-electron chi connectivity index (χ2n) is 4.07. The molecule has 0 spiro atoms. The first-order chi connectivity index (χ1) is 7.94. The minimum atomic E-state index is -6.78. The first-order valence-corrected chi connectivity index (χ1v) is 4.56. The lowest BCUT2D eigenvalue weighted by atomic mass is 9.77. The fourth-order valence-electron chi connectivity index (χ4n) is 1.35. The summed E-state index contributed by atoms with van der Waals surface area (Å²) in [6.45, 7) is 0.387. The van der Waals surface area contributed by atoms with Crippen molar-refractivity contribution in [1.82, 2.24) is 0 Å². The summed E-state index contributed by atoms with van der Waals surface area (Å²) in [7, 11) is 0. The molecule has 0 aromatic heterocycles. The second-order valence-corrected chi connectivity index (χ2v) is 4.07. The summed E-state index contributed by atoms with van der Waals surface area (Å²) in [5, 5.41) is 8.88. The van der Waals surface area contributed by atoms with Crippen molar-refractivity contribution in [2.75, 3.05) is 0 Å². The molecule has 116 valence electrons. The summed E-state index contributed by atoms with van der Waals surface area (Å²) in [4.78, 5) is 0. The Morgan fingerprint density at radius 2 is 0.842 bits per heavy atom. The molecule has 0 aromatic carbocycles. The van der Waals surface area contributed by atoms with Gasteiger partial charge in [-0.1, -0.05) is 13.8 Å². The molecule has 1 N–H and O–H groups in total. The van der Waals surface area contributed by atoms with Gasteiger partial charge in [0, 0.05) is 0 Å². The van der Waals surface area contributed by atoms with Crippen LogP contribution in [0.5, 0.6) is 0 Å². The maximum atomic E-state index is 12.9. The predicted molar refractivity (Wildman–Crippen MR) is 41.8 cm³/mol.